The van der Waals surface area contributed by atoms with Crippen LogP contribution in [-0.4, -0.2) is 14.8 Å². The van der Waals surface area contributed by atoms with E-state index < -0.39 is 0 Å². The summed E-state index contributed by atoms with van der Waals surface area (Å²) in [6.45, 7) is 1.97. The first-order valence-electron chi connectivity index (χ1n) is 5.06. The maximum absolute atomic E-state index is 13.6. The van der Waals surface area contributed by atoms with E-state index in [4.69, 9.17) is 5.73 Å². The molecule has 0 aliphatic heterocycles. The van der Waals surface area contributed by atoms with E-state index in [1.54, 1.807) is 24.0 Å². The standard InChI is InChI=1S/C11H13FN4/c1-3-7-10(15-16(2)11(7)13)8-4-5-14-6-9(8)12/h4-6H,3,13H2,1-2H3. The van der Waals surface area contributed by atoms with Crippen LogP contribution in [0.3, 0.4) is 0 Å². The second-order valence-corrected chi connectivity index (χ2v) is 3.55. The van der Waals surface area contributed by atoms with Crippen molar-refractivity contribution < 1.29 is 4.39 Å². The van der Waals surface area contributed by atoms with Crippen LogP contribution in [0.15, 0.2) is 18.5 Å². The number of hydrogen-bond acceptors (Lipinski definition) is 3. The van der Waals surface area contributed by atoms with Gasteiger partial charge >= 0.3 is 0 Å². The molecule has 0 aliphatic rings. The second kappa shape index (κ2) is 3.92. The zero-order valence-corrected chi connectivity index (χ0v) is 9.24. The molecule has 0 amide bonds. The van der Waals surface area contributed by atoms with Crippen LogP contribution in [0.5, 0.6) is 0 Å². The Kier molecular flexibility index (Phi) is 2.60. The van der Waals surface area contributed by atoms with Gasteiger partial charge in [0.15, 0.2) is 5.82 Å². The summed E-state index contributed by atoms with van der Waals surface area (Å²) >= 11 is 0. The Morgan fingerprint density at radius 2 is 2.25 bits per heavy atom. The average molecular weight is 220 g/mol. The minimum absolute atomic E-state index is 0.379. The molecule has 2 heterocycles. The number of halogens is 1. The molecule has 2 aromatic heterocycles. The third-order valence-corrected chi connectivity index (χ3v) is 2.57. The molecule has 0 saturated heterocycles. The molecule has 16 heavy (non-hydrogen) atoms. The van der Waals surface area contributed by atoms with Crippen molar-refractivity contribution in [1.29, 1.82) is 0 Å². The van der Waals surface area contributed by atoms with Crippen molar-refractivity contribution in [2.45, 2.75) is 13.3 Å². The van der Waals surface area contributed by atoms with Crippen molar-refractivity contribution in [3.05, 3.63) is 29.8 Å². The smallest absolute Gasteiger partial charge is 0.150 e. The van der Waals surface area contributed by atoms with Crippen LogP contribution in [0.1, 0.15) is 12.5 Å². The summed E-state index contributed by atoms with van der Waals surface area (Å²) in [6, 6.07) is 1.61. The molecular weight excluding hydrogens is 207 g/mol. The summed E-state index contributed by atoms with van der Waals surface area (Å²) in [5, 5.41) is 4.24. The molecule has 0 atom stereocenters. The van der Waals surface area contributed by atoms with Gasteiger partial charge in [-0.15, -0.1) is 0 Å². The quantitative estimate of drug-likeness (QED) is 0.839. The molecule has 84 valence electrons. The fraction of sp³-hybridized carbons (Fsp3) is 0.273. The third-order valence-electron chi connectivity index (χ3n) is 2.57. The molecule has 5 heteroatoms. The van der Waals surface area contributed by atoms with Gasteiger partial charge in [0, 0.05) is 24.4 Å². The number of nitrogens with zero attached hydrogens (tertiary/aromatic N) is 3. The van der Waals surface area contributed by atoms with E-state index in [-0.39, 0.29) is 5.82 Å². The summed E-state index contributed by atoms with van der Waals surface area (Å²) in [5.41, 5.74) is 7.77. The Labute approximate surface area is 92.9 Å². The SMILES string of the molecule is CCc1c(-c2ccncc2F)nn(C)c1N. The third kappa shape index (κ3) is 1.54. The molecule has 0 spiro atoms. The Hall–Kier alpha value is -1.91. The average Bonchev–Trinajstić information content (AvgIpc) is 2.56. The molecule has 2 N–H and O–H groups in total. The maximum Gasteiger partial charge on any atom is 0.150 e. The van der Waals surface area contributed by atoms with Gasteiger partial charge in [0.2, 0.25) is 0 Å². The number of aryl methyl sites for hydroxylation is 1. The number of hydrogen-bond donors (Lipinski definition) is 1. The van der Waals surface area contributed by atoms with Gasteiger partial charge in [-0.1, -0.05) is 6.92 Å². The molecule has 0 aromatic carbocycles. The predicted octanol–water partition coefficient (Wildman–Crippen LogP) is 1.77. The molecule has 2 rings (SSSR count). The Balaban J connectivity index is 2.65. The Morgan fingerprint density at radius 3 is 2.88 bits per heavy atom. The molecule has 2 aromatic rings. The fourth-order valence-corrected chi connectivity index (χ4v) is 1.71. The van der Waals surface area contributed by atoms with Crippen molar-refractivity contribution in [2.75, 3.05) is 5.73 Å². The lowest BCUT2D eigenvalue weighted by Gasteiger charge is -2.01. The van der Waals surface area contributed by atoms with E-state index >= 15 is 0 Å². The predicted molar refractivity (Wildman–Crippen MR) is 60.2 cm³/mol. The van der Waals surface area contributed by atoms with E-state index in [9.17, 15) is 4.39 Å². The number of nitrogens with two attached hydrogens (primary N) is 1. The van der Waals surface area contributed by atoms with Gasteiger partial charge < -0.3 is 5.73 Å². The van der Waals surface area contributed by atoms with Crippen LogP contribution >= 0.6 is 0 Å². The van der Waals surface area contributed by atoms with E-state index in [0.717, 1.165) is 12.0 Å². The molecule has 0 unspecified atom stereocenters. The monoisotopic (exact) mass is 220 g/mol. The number of nitrogen functional groups attached to an aromatic ring is 1. The normalized spacial score (nSPS) is 10.7. The van der Waals surface area contributed by atoms with Gasteiger partial charge in [-0.2, -0.15) is 5.10 Å². The summed E-state index contributed by atoms with van der Waals surface area (Å²) in [6.07, 6.45) is 3.44. The minimum atomic E-state index is -0.379. The lowest BCUT2D eigenvalue weighted by Crippen LogP contribution is -1.98. The molecule has 0 bridgehead atoms. The largest absolute Gasteiger partial charge is 0.384 e. The van der Waals surface area contributed by atoms with Crippen LogP contribution in [0.4, 0.5) is 10.2 Å². The fourth-order valence-electron chi connectivity index (χ4n) is 1.71. The van der Waals surface area contributed by atoms with Crippen molar-refractivity contribution in [1.82, 2.24) is 14.8 Å². The first-order valence-corrected chi connectivity index (χ1v) is 5.06. The topological polar surface area (TPSA) is 56.7 Å². The van der Waals surface area contributed by atoms with Crippen molar-refractivity contribution in [2.24, 2.45) is 7.05 Å². The van der Waals surface area contributed by atoms with Gasteiger partial charge in [0.25, 0.3) is 0 Å². The zero-order chi connectivity index (χ0) is 11.7. The van der Waals surface area contributed by atoms with Crippen molar-refractivity contribution in [3.8, 4) is 11.3 Å². The lowest BCUT2D eigenvalue weighted by molar-refractivity contribution is 0.623. The van der Waals surface area contributed by atoms with Gasteiger partial charge in [-0.25, -0.2) is 4.39 Å². The first kappa shape index (κ1) is 10.6. The summed E-state index contributed by atoms with van der Waals surface area (Å²) in [4.78, 5) is 3.71. The van der Waals surface area contributed by atoms with E-state index in [0.29, 0.717) is 17.1 Å². The molecule has 0 aliphatic carbocycles. The molecule has 0 saturated carbocycles. The number of rotatable bonds is 2. The number of pyridine rings is 1. The molecule has 0 fully saturated rings. The van der Waals surface area contributed by atoms with Crippen LogP contribution < -0.4 is 5.73 Å². The van der Waals surface area contributed by atoms with E-state index in [1.165, 1.54) is 6.20 Å². The van der Waals surface area contributed by atoms with Crippen LogP contribution in [0, 0.1) is 5.82 Å². The highest BCUT2D eigenvalue weighted by molar-refractivity contribution is 5.68. The van der Waals surface area contributed by atoms with Gasteiger partial charge in [0.05, 0.1) is 6.20 Å². The molecular formula is C11H13FN4. The maximum atomic E-state index is 13.6. The van der Waals surface area contributed by atoms with Gasteiger partial charge in [-0.3, -0.25) is 9.67 Å². The van der Waals surface area contributed by atoms with E-state index in [2.05, 4.69) is 10.1 Å². The second-order valence-electron chi connectivity index (χ2n) is 3.55. The number of aromatic nitrogens is 3. The number of anilines is 1. The summed E-state index contributed by atoms with van der Waals surface area (Å²) in [5.74, 6) is 0.198. The lowest BCUT2D eigenvalue weighted by atomic mass is 10.1. The van der Waals surface area contributed by atoms with Crippen LogP contribution in [-0.2, 0) is 13.5 Å². The summed E-state index contributed by atoms with van der Waals surface area (Å²) < 4.78 is 15.1. The highest BCUT2D eigenvalue weighted by atomic mass is 19.1. The Bertz CT molecular complexity index is 519. The van der Waals surface area contributed by atoms with E-state index in [1.807, 2.05) is 6.92 Å². The van der Waals surface area contributed by atoms with Gasteiger partial charge in [-0.05, 0) is 12.5 Å². The summed E-state index contributed by atoms with van der Waals surface area (Å²) in [7, 11) is 1.75. The van der Waals surface area contributed by atoms with Crippen molar-refractivity contribution >= 4 is 5.82 Å². The van der Waals surface area contributed by atoms with Crippen molar-refractivity contribution in [3.63, 3.8) is 0 Å². The Morgan fingerprint density at radius 1 is 1.50 bits per heavy atom. The minimum Gasteiger partial charge on any atom is -0.384 e. The van der Waals surface area contributed by atoms with Crippen LogP contribution in [0.25, 0.3) is 11.3 Å². The molecule has 0 radical (unpaired) electrons. The molecule has 4 nitrogen and oxygen atoms in total. The first-order chi connectivity index (χ1) is 7.65. The highest BCUT2D eigenvalue weighted by Crippen LogP contribution is 2.28. The zero-order valence-electron chi connectivity index (χ0n) is 9.24. The highest BCUT2D eigenvalue weighted by Gasteiger charge is 2.16. The van der Waals surface area contributed by atoms with Crippen LogP contribution in [0.2, 0.25) is 0 Å². The van der Waals surface area contributed by atoms with Gasteiger partial charge in [0.1, 0.15) is 11.5 Å².